The molecule has 1 aromatic heterocycles. The van der Waals surface area contributed by atoms with Crippen LogP contribution in [-0.4, -0.2) is 29.3 Å². The Morgan fingerprint density at radius 2 is 2.05 bits per heavy atom. The summed E-state index contributed by atoms with van der Waals surface area (Å²) in [6.07, 6.45) is 0.406. The molecule has 2 aromatic rings. The molecule has 0 fully saturated rings. The van der Waals surface area contributed by atoms with E-state index in [1.54, 1.807) is 32.2 Å². The van der Waals surface area contributed by atoms with E-state index in [0.717, 1.165) is 0 Å². The maximum atomic E-state index is 11.9. The van der Waals surface area contributed by atoms with E-state index in [1.165, 1.54) is 7.11 Å². The summed E-state index contributed by atoms with van der Waals surface area (Å²) in [6.45, 7) is 1.78. The number of hydrogen-bond donors (Lipinski definition) is 2. The molecule has 1 heterocycles. The number of nitrogens with zero attached hydrogens (tertiary/aromatic N) is 1. The highest BCUT2D eigenvalue weighted by Gasteiger charge is 2.14. The predicted molar refractivity (Wildman–Crippen MR) is 74.4 cm³/mol. The van der Waals surface area contributed by atoms with E-state index in [9.17, 15) is 9.90 Å². The second-order valence-corrected chi connectivity index (χ2v) is 4.14. The molecular formula is C14H16N2O4. The predicted octanol–water partition coefficient (Wildman–Crippen LogP) is 1.72. The Hall–Kier alpha value is -2.50. The Morgan fingerprint density at radius 1 is 1.30 bits per heavy atom. The molecule has 0 saturated heterocycles. The van der Waals surface area contributed by atoms with Crippen molar-refractivity contribution in [2.75, 3.05) is 14.2 Å². The van der Waals surface area contributed by atoms with Gasteiger partial charge in [-0.15, -0.1) is 0 Å². The van der Waals surface area contributed by atoms with Crippen molar-refractivity contribution in [1.29, 1.82) is 0 Å². The number of ether oxygens (including phenoxy) is 2. The molecule has 0 amide bonds. The van der Waals surface area contributed by atoms with Crippen molar-refractivity contribution in [2.45, 2.75) is 13.3 Å². The Labute approximate surface area is 116 Å². The highest BCUT2D eigenvalue weighted by molar-refractivity contribution is 5.66. The number of aromatic hydroxyl groups is 1. The Balaban J connectivity index is 2.64. The lowest BCUT2D eigenvalue weighted by Crippen LogP contribution is -2.14. The molecule has 0 atom stereocenters. The molecule has 0 saturated carbocycles. The van der Waals surface area contributed by atoms with Gasteiger partial charge in [-0.05, 0) is 24.6 Å². The van der Waals surface area contributed by atoms with Crippen LogP contribution >= 0.6 is 0 Å². The summed E-state index contributed by atoms with van der Waals surface area (Å²) in [6, 6.07) is 5.13. The van der Waals surface area contributed by atoms with Crippen molar-refractivity contribution in [3.63, 3.8) is 0 Å². The summed E-state index contributed by atoms with van der Waals surface area (Å²) in [4.78, 5) is 18.6. The number of H-pyrrole nitrogens is 1. The van der Waals surface area contributed by atoms with Crippen LogP contribution in [0.25, 0.3) is 11.4 Å². The van der Waals surface area contributed by atoms with Crippen LogP contribution in [0.15, 0.2) is 23.0 Å². The Bertz CT molecular complexity index is 679. The van der Waals surface area contributed by atoms with Gasteiger partial charge < -0.3 is 19.6 Å². The van der Waals surface area contributed by atoms with Gasteiger partial charge in [0.05, 0.1) is 25.3 Å². The van der Waals surface area contributed by atoms with E-state index in [2.05, 4.69) is 9.97 Å². The van der Waals surface area contributed by atoms with Gasteiger partial charge in [0.1, 0.15) is 17.3 Å². The van der Waals surface area contributed by atoms with Crippen LogP contribution in [-0.2, 0) is 6.42 Å². The first-order chi connectivity index (χ1) is 9.60. The number of benzene rings is 1. The standard InChI is InChI=1S/C14H16N2O4/c1-4-9-13(17)15-12(16-14(9)18)10-7-8(19-2)5-6-11(10)20-3/h5-7H,4H2,1-3H3,(H2,15,16,17,18). The Kier molecular flexibility index (Phi) is 3.93. The van der Waals surface area contributed by atoms with Gasteiger partial charge in [0.25, 0.3) is 5.56 Å². The summed E-state index contributed by atoms with van der Waals surface area (Å²) in [5.41, 5.74) is 0.442. The molecule has 0 unspecified atom stereocenters. The maximum Gasteiger partial charge on any atom is 0.258 e. The van der Waals surface area contributed by atoms with Gasteiger partial charge in [0.15, 0.2) is 0 Å². The van der Waals surface area contributed by atoms with Crippen LogP contribution in [0, 0.1) is 0 Å². The topological polar surface area (TPSA) is 84.4 Å². The fraction of sp³-hybridized carbons (Fsp3) is 0.286. The number of hydrogen-bond acceptors (Lipinski definition) is 5. The monoisotopic (exact) mass is 276 g/mol. The van der Waals surface area contributed by atoms with E-state index < -0.39 is 0 Å². The van der Waals surface area contributed by atoms with E-state index in [0.29, 0.717) is 23.5 Å². The molecule has 0 aliphatic heterocycles. The molecule has 2 N–H and O–H groups in total. The normalized spacial score (nSPS) is 10.3. The van der Waals surface area contributed by atoms with Crippen LogP contribution in [0.1, 0.15) is 12.5 Å². The third kappa shape index (κ3) is 2.45. The lowest BCUT2D eigenvalue weighted by Gasteiger charge is -2.10. The number of nitrogens with one attached hydrogen (secondary N) is 1. The molecular weight excluding hydrogens is 260 g/mol. The summed E-state index contributed by atoms with van der Waals surface area (Å²) < 4.78 is 10.4. The summed E-state index contributed by atoms with van der Waals surface area (Å²) >= 11 is 0. The molecule has 0 aliphatic rings. The number of methoxy groups -OCH3 is 2. The molecule has 0 bridgehead atoms. The molecule has 6 nitrogen and oxygen atoms in total. The van der Waals surface area contributed by atoms with Crippen LogP contribution < -0.4 is 15.0 Å². The zero-order valence-electron chi connectivity index (χ0n) is 11.6. The van der Waals surface area contributed by atoms with E-state index in [-0.39, 0.29) is 22.8 Å². The largest absolute Gasteiger partial charge is 0.497 e. The van der Waals surface area contributed by atoms with Gasteiger partial charge in [-0.25, -0.2) is 0 Å². The number of rotatable bonds is 4. The smallest absolute Gasteiger partial charge is 0.258 e. The minimum absolute atomic E-state index is 0.237. The molecule has 106 valence electrons. The van der Waals surface area contributed by atoms with Gasteiger partial charge in [-0.2, -0.15) is 4.98 Å². The Morgan fingerprint density at radius 3 is 2.60 bits per heavy atom. The third-order valence-corrected chi connectivity index (χ3v) is 3.01. The molecule has 0 spiro atoms. The minimum atomic E-state index is -0.361. The van der Waals surface area contributed by atoms with Crippen LogP contribution in [0.5, 0.6) is 17.4 Å². The molecule has 1 aromatic carbocycles. The van der Waals surface area contributed by atoms with Crippen molar-refractivity contribution in [3.8, 4) is 28.8 Å². The fourth-order valence-electron chi connectivity index (χ4n) is 1.93. The highest BCUT2D eigenvalue weighted by Crippen LogP contribution is 2.31. The zero-order valence-corrected chi connectivity index (χ0v) is 11.6. The first kappa shape index (κ1) is 13.9. The van der Waals surface area contributed by atoms with Gasteiger partial charge in [-0.1, -0.05) is 6.92 Å². The average Bonchev–Trinajstić information content (AvgIpc) is 2.46. The number of aromatic amines is 1. The van der Waals surface area contributed by atoms with Crippen molar-refractivity contribution >= 4 is 0 Å². The van der Waals surface area contributed by atoms with Gasteiger partial charge in [0.2, 0.25) is 5.88 Å². The lowest BCUT2D eigenvalue weighted by atomic mass is 10.1. The quantitative estimate of drug-likeness (QED) is 0.888. The summed E-state index contributed by atoms with van der Waals surface area (Å²) in [5.74, 6) is 1.09. The molecule has 20 heavy (non-hydrogen) atoms. The second-order valence-electron chi connectivity index (χ2n) is 4.14. The zero-order chi connectivity index (χ0) is 14.7. The van der Waals surface area contributed by atoms with Crippen molar-refractivity contribution in [1.82, 2.24) is 9.97 Å². The van der Waals surface area contributed by atoms with E-state index >= 15 is 0 Å². The SMILES string of the molecule is CCc1c(O)nc(-c2cc(OC)ccc2OC)[nH]c1=O. The van der Waals surface area contributed by atoms with Gasteiger partial charge in [-0.3, -0.25) is 4.79 Å². The number of aromatic nitrogens is 2. The molecule has 6 heteroatoms. The highest BCUT2D eigenvalue weighted by atomic mass is 16.5. The first-order valence-corrected chi connectivity index (χ1v) is 6.15. The van der Waals surface area contributed by atoms with E-state index in [4.69, 9.17) is 9.47 Å². The van der Waals surface area contributed by atoms with Crippen LogP contribution in [0.3, 0.4) is 0 Å². The van der Waals surface area contributed by atoms with E-state index in [1.807, 2.05) is 0 Å². The second kappa shape index (κ2) is 5.64. The minimum Gasteiger partial charge on any atom is -0.497 e. The third-order valence-electron chi connectivity index (χ3n) is 3.01. The molecule has 0 radical (unpaired) electrons. The van der Waals surface area contributed by atoms with Crippen LogP contribution in [0.2, 0.25) is 0 Å². The van der Waals surface area contributed by atoms with Gasteiger partial charge >= 0.3 is 0 Å². The molecule has 0 aliphatic carbocycles. The van der Waals surface area contributed by atoms with Gasteiger partial charge in [0, 0.05) is 0 Å². The summed E-state index contributed by atoms with van der Waals surface area (Å²) in [7, 11) is 3.06. The lowest BCUT2D eigenvalue weighted by molar-refractivity contribution is 0.404. The van der Waals surface area contributed by atoms with Crippen molar-refractivity contribution in [3.05, 3.63) is 34.1 Å². The average molecular weight is 276 g/mol. The van der Waals surface area contributed by atoms with Crippen molar-refractivity contribution < 1.29 is 14.6 Å². The maximum absolute atomic E-state index is 11.9. The van der Waals surface area contributed by atoms with Crippen LogP contribution in [0.4, 0.5) is 0 Å². The summed E-state index contributed by atoms with van der Waals surface area (Å²) in [5, 5.41) is 9.82. The first-order valence-electron chi connectivity index (χ1n) is 6.15. The fourth-order valence-corrected chi connectivity index (χ4v) is 1.93. The van der Waals surface area contributed by atoms with Crippen molar-refractivity contribution in [2.24, 2.45) is 0 Å². The molecule has 2 rings (SSSR count).